The molecule has 1 fully saturated rings. The van der Waals surface area contributed by atoms with Crippen LogP contribution in [-0.4, -0.2) is 53.5 Å². The van der Waals surface area contributed by atoms with Crippen molar-refractivity contribution in [2.75, 3.05) is 20.8 Å². The highest BCUT2D eigenvalue weighted by Gasteiger charge is 2.46. The Morgan fingerprint density at radius 2 is 1.70 bits per heavy atom. The average Bonchev–Trinajstić information content (AvgIpc) is 3.08. The number of ketones is 1. The number of methoxy groups -OCH3 is 2. The number of carboxylic acids is 1. The molecular formula is C25H27NO7. The molecule has 0 aromatic heterocycles. The highest BCUT2D eigenvalue weighted by Crippen LogP contribution is 2.44. The zero-order valence-corrected chi connectivity index (χ0v) is 18.6. The molecule has 1 saturated heterocycles. The number of hydrogen-bond donors (Lipinski definition) is 2. The van der Waals surface area contributed by atoms with E-state index in [4.69, 9.17) is 14.6 Å². The molecule has 0 unspecified atom stereocenters. The lowest BCUT2D eigenvalue weighted by atomic mass is 9.94. The summed E-state index contributed by atoms with van der Waals surface area (Å²) in [6.07, 6.45) is 1.60. The molecule has 0 radical (unpaired) electrons. The van der Waals surface area contributed by atoms with Crippen molar-refractivity contribution in [3.8, 4) is 11.5 Å². The fraction of sp³-hybridized carbons (Fsp3) is 0.320. The van der Waals surface area contributed by atoms with E-state index in [2.05, 4.69) is 0 Å². The SMILES string of the molecule is COc1ccc(OC)c([C@@H]2C(=C(O)c3ccccc3)C(=O)C(=O)N2CCCCCC(=O)O)c1. The zero-order valence-electron chi connectivity index (χ0n) is 18.6. The molecule has 2 aromatic carbocycles. The number of carbonyl (C=O) groups excluding carboxylic acids is 2. The molecule has 174 valence electrons. The molecule has 2 N–H and O–H groups in total. The van der Waals surface area contributed by atoms with E-state index in [0.29, 0.717) is 41.9 Å². The minimum atomic E-state index is -0.880. The number of amides is 1. The van der Waals surface area contributed by atoms with E-state index in [9.17, 15) is 19.5 Å². The summed E-state index contributed by atoms with van der Waals surface area (Å²) in [6.45, 7) is 0.223. The largest absolute Gasteiger partial charge is 0.507 e. The number of unbranched alkanes of at least 4 members (excludes halogenated alkanes) is 2. The molecule has 1 heterocycles. The van der Waals surface area contributed by atoms with Gasteiger partial charge in [-0.15, -0.1) is 0 Å². The number of hydrogen-bond acceptors (Lipinski definition) is 6. The van der Waals surface area contributed by atoms with Crippen molar-refractivity contribution < 1.29 is 34.1 Å². The van der Waals surface area contributed by atoms with E-state index >= 15 is 0 Å². The quantitative estimate of drug-likeness (QED) is 0.244. The van der Waals surface area contributed by atoms with Crippen LogP contribution < -0.4 is 9.47 Å². The predicted octanol–water partition coefficient (Wildman–Crippen LogP) is 3.77. The fourth-order valence-corrected chi connectivity index (χ4v) is 3.97. The standard InChI is InChI=1S/C25H27NO7/c1-32-17-12-13-19(33-2)18(15-17)22-21(23(29)16-9-5-3-6-10-16)24(30)25(31)26(22)14-8-4-7-11-20(27)28/h3,5-6,9-10,12-13,15,22,29H,4,7-8,11,14H2,1-2H3,(H,27,28)/t22-/m1/s1. The molecule has 33 heavy (non-hydrogen) atoms. The molecule has 1 aliphatic heterocycles. The van der Waals surface area contributed by atoms with Gasteiger partial charge in [0, 0.05) is 24.1 Å². The Bertz CT molecular complexity index is 1060. The van der Waals surface area contributed by atoms with Crippen molar-refractivity contribution in [2.24, 2.45) is 0 Å². The molecule has 1 atom stereocenters. The van der Waals surface area contributed by atoms with Gasteiger partial charge < -0.3 is 24.6 Å². The number of ether oxygens (including phenoxy) is 2. The summed E-state index contributed by atoms with van der Waals surface area (Å²) in [5.41, 5.74) is 0.908. The Morgan fingerprint density at radius 1 is 0.970 bits per heavy atom. The van der Waals surface area contributed by atoms with Gasteiger partial charge in [-0.25, -0.2) is 0 Å². The minimum absolute atomic E-state index is 0.0247. The highest BCUT2D eigenvalue weighted by atomic mass is 16.5. The number of Topliss-reactive ketones (excluding diaryl/α,β-unsaturated/α-hetero) is 1. The number of nitrogens with zero attached hydrogens (tertiary/aromatic N) is 1. The summed E-state index contributed by atoms with van der Waals surface area (Å²) in [5.74, 6) is -1.69. The summed E-state index contributed by atoms with van der Waals surface area (Å²) in [7, 11) is 3.00. The molecule has 0 spiro atoms. The van der Waals surface area contributed by atoms with Gasteiger partial charge in [-0.2, -0.15) is 0 Å². The van der Waals surface area contributed by atoms with Gasteiger partial charge in [0.2, 0.25) is 0 Å². The van der Waals surface area contributed by atoms with Crippen LogP contribution in [-0.2, 0) is 14.4 Å². The first-order valence-corrected chi connectivity index (χ1v) is 10.7. The van der Waals surface area contributed by atoms with Crippen LogP contribution in [0.25, 0.3) is 5.76 Å². The Labute approximate surface area is 192 Å². The van der Waals surface area contributed by atoms with E-state index in [1.807, 2.05) is 0 Å². The smallest absolute Gasteiger partial charge is 0.303 e. The van der Waals surface area contributed by atoms with Crippen molar-refractivity contribution in [3.05, 3.63) is 65.2 Å². The molecule has 0 aliphatic carbocycles. The topological polar surface area (TPSA) is 113 Å². The molecule has 1 amide bonds. The third-order valence-corrected chi connectivity index (χ3v) is 5.61. The molecule has 0 bridgehead atoms. The first-order chi connectivity index (χ1) is 15.9. The van der Waals surface area contributed by atoms with Gasteiger partial charge in [-0.05, 0) is 31.0 Å². The first kappa shape index (κ1) is 23.8. The second-order valence-corrected chi connectivity index (χ2v) is 7.67. The number of aliphatic carboxylic acids is 1. The summed E-state index contributed by atoms with van der Waals surface area (Å²) >= 11 is 0. The molecule has 1 aliphatic rings. The van der Waals surface area contributed by atoms with Gasteiger partial charge in [0.1, 0.15) is 17.3 Å². The third kappa shape index (κ3) is 5.16. The first-order valence-electron chi connectivity index (χ1n) is 10.7. The van der Waals surface area contributed by atoms with Crippen LogP contribution in [0.1, 0.15) is 42.9 Å². The van der Waals surface area contributed by atoms with Gasteiger partial charge in [-0.3, -0.25) is 14.4 Å². The number of likely N-dealkylation sites (tertiary alicyclic amines) is 1. The normalized spacial score (nSPS) is 17.3. The number of aliphatic hydroxyl groups is 1. The lowest BCUT2D eigenvalue weighted by Crippen LogP contribution is -2.31. The summed E-state index contributed by atoms with van der Waals surface area (Å²) < 4.78 is 10.8. The van der Waals surface area contributed by atoms with Gasteiger partial charge in [0.15, 0.2) is 0 Å². The second kappa shape index (κ2) is 10.7. The lowest BCUT2D eigenvalue weighted by Gasteiger charge is -2.27. The molecular weight excluding hydrogens is 426 g/mol. The van der Waals surface area contributed by atoms with Crippen molar-refractivity contribution in [2.45, 2.75) is 31.7 Å². The summed E-state index contributed by atoms with van der Waals surface area (Å²) in [4.78, 5) is 38.3. The van der Waals surface area contributed by atoms with Gasteiger partial charge in [0.25, 0.3) is 11.7 Å². The van der Waals surface area contributed by atoms with Crippen LogP contribution in [0.3, 0.4) is 0 Å². The van der Waals surface area contributed by atoms with Gasteiger partial charge in [-0.1, -0.05) is 36.8 Å². The number of aliphatic hydroxyl groups excluding tert-OH is 1. The summed E-state index contributed by atoms with van der Waals surface area (Å²) in [5, 5.41) is 19.9. The van der Waals surface area contributed by atoms with E-state index in [0.717, 1.165) is 0 Å². The maximum atomic E-state index is 13.1. The lowest BCUT2D eigenvalue weighted by molar-refractivity contribution is -0.140. The second-order valence-electron chi connectivity index (χ2n) is 7.67. The number of carboxylic acid groups (broad SMARTS) is 1. The van der Waals surface area contributed by atoms with Crippen LogP contribution in [0.15, 0.2) is 54.1 Å². The highest BCUT2D eigenvalue weighted by molar-refractivity contribution is 6.46. The van der Waals surface area contributed by atoms with Crippen LogP contribution >= 0.6 is 0 Å². The monoisotopic (exact) mass is 453 g/mol. The molecule has 0 saturated carbocycles. The van der Waals surface area contributed by atoms with E-state index in [1.54, 1.807) is 48.5 Å². The Kier molecular flexibility index (Phi) is 7.71. The van der Waals surface area contributed by atoms with Crippen LogP contribution in [0.5, 0.6) is 11.5 Å². The van der Waals surface area contributed by atoms with Crippen LogP contribution in [0, 0.1) is 0 Å². The number of carbonyl (C=O) groups is 3. The Morgan fingerprint density at radius 3 is 2.33 bits per heavy atom. The number of benzene rings is 2. The molecule has 8 heteroatoms. The van der Waals surface area contributed by atoms with Crippen molar-refractivity contribution in [3.63, 3.8) is 0 Å². The van der Waals surface area contributed by atoms with E-state index in [1.165, 1.54) is 19.1 Å². The Hall–Kier alpha value is -3.81. The predicted molar refractivity (Wildman–Crippen MR) is 121 cm³/mol. The van der Waals surface area contributed by atoms with Gasteiger partial charge >= 0.3 is 5.97 Å². The molecule has 2 aromatic rings. The summed E-state index contributed by atoms with van der Waals surface area (Å²) in [6, 6.07) is 12.8. The maximum Gasteiger partial charge on any atom is 0.303 e. The van der Waals surface area contributed by atoms with Crippen molar-refractivity contribution in [1.29, 1.82) is 0 Å². The minimum Gasteiger partial charge on any atom is -0.507 e. The van der Waals surface area contributed by atoms with Crippen LogP contribution in [0.2, 0.25) is 0 Å². The zero-order chi connectivity index (χ0) is 24.0. The molecule has 8 nitrogen and oxygen atoms in total. The van der Waals surface area contributed by atoms with Crippen molar-refractivity contribution >= 4 is 23.4 Å². The molecule has 3 rings (SSSR count). The van der Waals surface area contributed by atoms with E-state index < -0.39 is 23.7 Å². The van der Waals surface area contributed by atoms with Crippen molar-refractivity contribution in [1.82, 2.24) is 4.90 Å². The Balaban J connectivity index is 2.07. The maximum absolute atomic E-state index is 13.1. The van der Waals surface area contributed by atoms with E-state index in [-0.39, 0.29) is 24.3 Å². The van der Waals surface area contributed by atoms with Crippen LogP contribution in [0.4, 0.5) is 0 Å². The van der Waals surface area contributed by atoms with Gasteiger partial charge in [0.05, 0.1) is 25.8 Å². The third-order valence-electron chi connectivity index (χ3n) is 5.61. The average molecular weight is 453 g/mol. The fourth-order valence-electron chi connectivity index (χ4n) is 3.97. The number of rotatable bonds is 10.